The average molecular weight is 332 g/mol. The lowest BCUT2D eigenvalue weighted by atomic mass is 10.2. The van der Waals surface area contributed by atoms with Crippen molar-refractivity contribution in [2.45, 2.75) is 32.4 Å². The van der Waals surface area contributed by atoms with Crippen molar-refractivity contribution in [3.8, 4) is 0 Å². The van der Waals surface area contributed by atoms with Crippen molar-refractivity contribution < 1.29 is 14.3 Å². The van der Waals surface area contributed by atoms with Gasteiger partial charge in [0, 0.05) is 14.1 Å². The number of likely N-dealkylation sites (N-methyl/N-ethyl adjacent to an activating group) is 1. The summed E-state index contributed by atoms with van der Waals surface area (Å²) in [4.78, 5) is 24.5. The number of nitrogens with zero attached hydrogens (tertiary/aromatic N) is 3. The highest BCUT2D eigenvalue weighted by Crippen LogP contribution is 2.22. The van der Waals surface area contributed by atoms with Crippen LogP contribution in [0.3, 0.4) is 0 Å². The molecule has 0 aliphatic heterocycles. The molecule has 0 saturated heterocycles. The van der Waals surface area contributed by atoms with Crippen molar-refractivity contribution in [3.05, 3.63) is 16.4 Å². The van der Waals surface area contributed by atoms with Gasteiger partial charge < -0.3 is 9.53 Å². The third-order valence-electron chi connectivity index (χ3n) is 2.42. The summed E-state index contributed by atoms with van der Waals surface area (Å²) in [5, 5.41) is 4.09. The second-order valence-corrected chi connectivity index (χ2v) is 6.00. The molecule has 0 aromatic carbocycles. The van der Waals surface area contributed by atoms with Crippen LogP contribution in [-0.4, -0.2) is 39.7 Å². The van der Waals surface area contributed by atoms with E-state index >= 15 is 0 Å². The van der Waals surface area contributed by atoms with E-state index in [0.29, 0.717) is 16.6 Å². The zero-order valence-corrected chi connectivity index (χ0v) is 13.3. The van der Waals surface area contributed by atoms with Crippen molar-refractivity contribution in [3.63, 3.8) is 0 Å². The molecule has 106 valence electrons. The van der Waals surface area contributed by atoms with E-state index < -0.39 is 17.7 Å². The number of carbonyl (C=O) groups excluding carboxylic acids is 2. The molecular weight excluding hydrogens is 314 g/mol. The lowest BCUT2D eigenvalue weighted by molar-refractivity contribution is -0.112. The Kier molecular flexibility index (Phi) is 4.73. The van der Waals surface area contributed by atoms with Crippen LogP contribution in [0.1, 0.15) is 32.5 Å². The topological polar surface area (TPSA) is 64.4 Å². The SMILES string of the molecule is CN(C(=O)OC(C)(C)C)C(C=O)c1cc(Br)nn1C. The Bertz CT molecular complexity index is 479. The van der Waals surface area contributed by atoms with Gasteiger partial charge in [0.2, 0.25) is 0 Å². The molecule has 1 amide bonds. The molecule has 0 saturated carbocycles. The number of hydrogen-bond acceptors (Lipinski definition) is 4. The van der Waals surface area contributed by atoms with Crippen LogP contribution in [0.25, 0.3) is 0 Å². The zero-order chi connectivity index (χ0) is 14.8. The van der Waals surface area contributed by atoms with E-state index in [0.717, 1.165) is 0 Å². The van der Waals surface area contributed by atoms with Crippen LogP contribution in [0.2, 0.25) is 0 Å². The van der Waals surface area contributed by atoms with Crippen molar-refractivity contribution >= 4 is 28.3 Å². The standard InChI is InChI=1S/C12H18BrN3O3/c1-12(2,3)19-11(18)15(4)9(7-17)8-6-10(13)14-16(8)5/h6-7,9H,1-5H3. The van der Waals surface area contributed by atoms with Gasteiger partial charge in [0.25, 0.3) is 0 Å². The lowest BCUT2D eigenvalue weighted by Crippen LogP contribution is -2.37. The molecular formula is C12H18BrN3O3. The molecule has 1 atom stereocenters. The summed E-state index contributed by atoms with van der Waals surface area (Å²) in [5.74, 6) is 0. The van der Waals surface area contributed by atoms with Crippen LogP contribution in [0.15, 0.2) is 10.7 Å². The first-order chi connectivity index (χ1) is 8.65. The molecule has 0 fully saturated rings. The van der Waals surface area contributed by atoms with Gasteiger partial charge in [-0.25, -0.2) is 4.79 Å². The van der Waals surface area contributed by atoms with Gasteiger partial charge >= 0.3 is 6.09 Å². The average Bonchev–Trinajstić information content (AvgIpc) is 2.56. The second kappa shape index (κ2) is 5.73. The predicted molar refractivity (Wildman–Crippen MR) is 73.7 cm³/mol. The maximum atomic E-state index is 12.0. The Morgan fingerprint density at radius 3 is 2.53 bits per heavy atom. The quantitative estimate of drug-likeness (QED) is 0.797. The van der Waals surface area contributed by atoms with Crippen molar-refractivity contribution in [2.24, 2.45) is 7.05 Å². The number of ether oxygens (including phenoxy) is 1. The highest BCUT2D eigenvalue weighted by Gasteiger charge is 2.28. The largest absolute Gasteiger partial charge is 0.444 e. The first-order valence-electron chi connectivity index (χ1n) is 5.76. The van der Waals surface area contributed by atoms with Crippen LogP contribution in [0.5, 0.6) is 0 Å². The molecule has 0 N–H and O–H groups in total. The third-order valence-corrected chi connectivity index (χ3v) is 2.80. The van der Waals surface area contributed by atoms with E-state index in [4.69, 9.17) is 4.74 Å². The molecule has 0 radical (unpaired) electrons. The molecule has 7 heteroatoms. The third kappa shape index (κ3) is 4.05. The molecule has 1 aromatic heterocycles. The van der Waals surface area contributed by atoms with Gasteiger partial charge in [0.05, 0.1) is 5.69 Å². The second-order valence-electron chi connectivity index (χ2n) is 5.19. The molecule has 0 aliphatic carbocycles. The summed E-state index contributed by atoms with van der Waals surface area (Å²) in [6.07, 6.45) is 0.134. The Morgan fingerprint density at radius 1 is 1.58 bits per heavy atom. The van der Waals surface area contributed by atoms with Gasteiger partial charge in [0.15, 0.2) is 0 Å². The number of amides is 1. The van der Waals surface area contributed by atoms with E-state index in [1.165, 1.54) is 11.9 Å². The van der Waals surface area contributed by atoms with E-state index in [9.17, 15) is 9.59 Å². The van der Waals surface area contributed by atoms with Gasteiger partial charge in [-0.05, 0) is 42.8 Å². The van der Waals surface area contributed by atoms with Crippen LogP contribution >= 0.6 is 15.9 Å². The summed E-state index contributed by atoms with van der Waals surface area (Å²) in [6, 6.07) is 0.957. The Morgan fingerprint density at radius 2 is 2.16 bits per heavy atom. The van der Waals surface area contributed by atoms with Gasteiger partial charge in [-0.15, -0.1) is 0 Å². The van der Waals surface area contributed by atoms with E-state index in [1.54, 1.807) is 38.6 Å². The zero-order valence-electron chi connectivity index (χ0n) is 11.7. The first kappa shape index (κ1) is 15.7. The smallest absolute Gasteiger partial charge is 0.410 e. The first-order valence-corrected chi connectivity index (χ1v) is 6.55. The molecule has 1 aromatic rings. The number of aldehydes is 1. The Hall–Kier alpha value is -1.37. The van der Waals surface area contributed by atoms with Crippen LogP contribution < -0.4 is 0 Å². The maximum Gasteiger partial charge on any atom is 0.410 e. The van der Waals surface area contributed by atoms with Crippen molar-refractivity contribution in [1.29, 1.82) is 0 Å². The molecule has 1 rings (SSSR count). The Labute approximate surface area is 120 Å². The minimum Gasteiger partial charge on any atom is -0.444 e. The summed E-state index contributed by atoms with van der Waals surface area (Å²) in [7, 11) is 3.23. The van der Waals surface area contributed by atoms with Crippen molar-refractivity contribution in [1.82, 2.24) is 14.7 Å². The molecule has 1 heterocycles. The number of hydrogen-bond donors (Lipinski definition) is 0. The minimum atomic E-state index is -0.737. The predicted octanol–water partition coefficient (Wildman–Crippen LogP) is 2.29. The number of halogens is 1. The minimum absolute atomic E-state index is 0.554. The van der Waals surface area contributed by atoms with Gasteiger partial charge in [-0.2, -0.15) is 5.10 Å². The Balaban J connectivity index is 2.94. The summed E-state index contributed by atoms with van der Waals surface area (Å²) in [6.45, 7) is 5.32. The molecule has 0 bridgehead atoms. The summed E-state index contributed by atoms with van der Waals surface area (Å²) >= 11 is 3.23. The molecule has 19 heavy (non-hydrogen) atoms. The molecule has 6 nitrogen and oxygen atoms in total. The fourth-order valence-electron chi connectivity index (χ4n) is 1.53. The number of aromatic nitrogens is 2. The highest BCUT2D eigenvalue weighted by molar-refractivity contribution is 9.10. The van der Waals surface area contributed by atoms with E-state index in [2.05, 4.69) is 21.0 Å². The molecule has 0 aliphatic rings. The lowest BCUT2D eigenvalue weighted by Gasteiger charge is -2.27. The maximum absolute atomic E-state index is 12.0. The van der Waals surface area contributed by atoms with E-state index in [-0.39, 0.29) is 0 Å². The number of aryl methyl sites for hydroxylation is 1. The van der Waals surface area contributed by atoms with Gasteiger partial charge in [-0.1, -0.05) is 0 Å². The fraction of sp³-hybridized carbons (Fsp3) is 0.583. The number of carbonyl (C=O) groups is 2. The fourth-order valence-corrected chi connectivity index (χ4v) is 2.00. The normalized spacial score (nSPS) is 12.9. The highest BCUT2D eigenvalue weighted by atomic mass is 79.9. The van der Waals surface area contributed by atoms with Crippen molar-refractivity contribution in [2.75, 3.05) is 7.05 Å². The van der Waals surface area contributed by atoms with E-state index in [1.807, 2.05) is 0 Å². The van der Waals surface area contributed by atoms with Gasteiger partial charge in [-0.3, -0.25) is 9.58 Å². The van der Waals surface area contributed by atoms with Gasteiger partial charge in [0.1, 0.15) is 22.5 Å². The molecule has 1 unspecified atom stereocenters. The number of rotatable bonds is 3. The van der Waals surface area contributed by atoms with Crippen LogP contribution in [0.4, 0.5) is 4.79 Å². The van der Waals surface area contributed by atoms with Crippen LogP contribution in [-0.2, 0) is 16.6 Å². The summed E-state index contributed by atoms with van der Waals surface area (Å²) in [5.41, 5.74) is 0.00136. The monoisotopic (exact) mass is 331 g/mol. The molecule has 0 spiro atoms. The summed E-state index contributed by atoms with van der Waals surface area (Å²) < 4.78 is 7.39. The van der Waals surface area contributed by atoms with Crippen LogP contribution in [0, 0.1) is 0 Å².